The molecule has 4 heteroatoms. The van der Waals surface area contributed by atoms with Gasteiger partial charge in [0.2, 0.25) is 0 Å². The van der Waals surface area contributed by atoms with Crippen molar-refractivity contribution in [2.45, 2.75) is 13.5 Å². The molecule has 1 aromatic carbocycles. The maximum atomic E-state index is 11.8. The van der Waals surface area contributed by atoms with Crippen LogP contribution in [0.3, 0.4) is 0 Å². The lowest BCUT2D eigenvalue weighted by Crippen LogP contribution is -2.20. The fraction of sp³-hybridized carbons (Fsp3) is 0.143. The van der Waals surface area contributed by atoms with Gasteiger partial charge in [-0.05, 0) is 30.2 Å². The topological polar surface area (TPSA) is 71.8 Å². The monoisotopic (exact) mass is 239 g/mol. The molecule has 0 aliphatic heterocycles. The van der Waals surface area contributed by atoms with Crippen molar-refractivity contribution < 1.29 is 0 Å². The van der Waals surface area contributed by atoms with Crippen LogP contribution in [0.1, 0.15) is 16.7 Å². The van der Waals surface area contributed by atoms with Crippen molar-refractivity contribution >= 4 is 5.69 Å². The van der Waals surface area contributed by atoms with Gasteiger partial charge in [0.1, 0.15) is 0 Å². The Bertz CT molecular complexity index is 680. The summed E-state index contributed by atoms with van der Waals surface area (Å²) < 4.78 is 1.54. The lowest BCUT2D eigenvalue weighted by Gasteiger charge is -2.08. The Morgan fingerprint density at radius 1 is 1.39 bits per heavy atom. The summed E-state index contributed by atoms with van der Waals surface area (Å²) in [4.78, 5) is 11.8. The molecule has 0 atom stereocenters. The summed E-state index contributed by atoms with van der Waals surface area (Å²) in [5.74, 6) is 0. The average Bonchev–Trinajstić information content (AvgIpc) is 2.36. The number of benzene rings is 1. The Balaban J connectivity index is 2.37. The first-order valence-electron chi connectivity index (χ1n) is 5.56. The second-order valence-corrected chi connectivity index (χ2v) is 4.19. The van der Waals surface area contributed by atoms with E-state index in [2.05, 4.69) is 6.07 Å². The number of nitrogens with zero attached hydrogens (tertiary/aromatic N) is 2. The van der Waals surface area contributed by atoms with Crippen molar-refractivity contribution in [2.75, 3.05) is 5.73 Å². The van der Waals surface area contributed by atoms with E-state index < -0.39 is 0 Å². The van der Waals surface area contributed by atoms with Gasteiger partial charge in [0.05, 0.1) is 23.9 Å². The SMILES string of the molecule is Cc1cc(=O)n(Cc2cccc(C#N)c2)cc1N. The lowest BCUT2D eigenvalue weighted by molar-refractivity contribution is 0.759. The summed E-state index contributed by atoms with van der Waals surface area (Å²) in [6.07, 6.45) is 1.64. The van der Waals surface area contributed by atoms with Crippen LogP contribution in [-0.4, -0.2) is 4.57 Å². The summed E-state index contributed by atoms with van der Waals surface area (Å²) in [6.45, 7) is 2.22. The van der Waals surface area contributed by atoms with Gasteiger partial charge < -0.3 is 10.3 Å². The maximum absolute atomic E-state index is 11.8. The van der Waals surface area contributed by atoms with Crippen LogP contribution in [-0.2, 0) is 6.54 Å². The largest absolute Gasteiger partial charge is 0.397 e. The highest BCUT2D eigenvalue weighted by Crippen LogP contribution is 2.09. The van der Waals surface area contributed by atoms with Gasteiger partial charge in [-0.2, -0.15) is 5.26 Å². The van der Waals surface area contributed by atoms with Crippen molar-refractivity contribution in [1.29, 1.82) is 5.26 Å². The van der Waals surface area contributed by atoms with Gasteiger partial charge in [-0.3, -0.25) is 4.79 Å². The Morgan fingerprint density at radius 3 is 2.89 bits per heavy atom. The minimum Gasteiger partial charge on any atom is -0.397 e. The molecule has 4 nitrogen and oxygen atoms in total. The number of anilines is 1. The van der Waals surface area contributed by atoms with E-state index in [-0.39, 0.29) is 5.56 Å². The zero-order valence-corrected chi connectivity index (χ0v) is 10.1. The second kappa shape index (κ2) is 4.76. The molecule has 0 saturated heterocycles. The van der Waals surface area contributed by atoms with Gasteiger partial charge in [0.25, 0.3) is 5.56 Å². The first-order valence-corrected chi connectivity index (χ1v) is 5.56. The normalized spacial score (nSPS) is 10.0. The van der Waals surface area contributed by atoms with E-state index in [9.17, 15) is 4.79 Å². The number of pyridine rings is 1. The Morgan fingerprint density at radius 2 is 2.17 bits per heavy atom. The van der Waals surface area contributed by atoms with E-state index in [1.54, 1.807) is 35.9 Å². The summed E-state index contributed by atoms with van der Waals surface area (Å²) >= 11 is 0. The third kappa shape index (κ3) is 2.41. The van der Waals surface area contributed by atoms with Crippen LogP contribution in [0.2, 0.25) is 0 Å². The molecule has 0 fully saturated rings. The molecular weight excluding hydrogens is 226 g/mol. The van der Waals surface area contributed by atoms with Crippen LogP contribution >= 0.6 is 0 Å². The fourth-order valence-corrected chi connectivity index (χ4v) is 1.74. The van der Waals surface area contributed by atoms with Crippen LogP contribution < -0.4 is 11.3 Å². The molecule has 0 spiro atoms. The highest BCUT2D eigenvalue weighted by Gasteiger charge is 2.02. The van der Waals surface area contributed by atoms with Gasteiger partial charge in [-0.1, -0.05) is 12.1 Å². The molecule has 0 bridgehead atoms. The zero-order chi connectivity index (χ0) is 13.1. The third-order valence-corrected chi connectivity index (χ3v) is 2.78. The molecule has 0 aliphatic rings. The minimum atomic E-state index is -0.0935. The molecule has 2 N–H and O–H groups in total. The van der Waals surface area contributed by atoms with E-state index in [0.29, 0.717) is 17.8 Å². The van der Waals surface area contributed by atoms with Crippen LogP contribution in [0.4, 0.5) is 5.69 Å². The second-order valence-electron chi connectivity index (χ2n) is 4.19. The lowest BCUT2D eigenvalue weighted by atomic mass is 10.1. The average molecular weight is 239 g/mol. The molecule has 0 amide bonds. The predicted molar refractivity (Wildman–Crippen MR) is 70.1 cm³/mol. The van der Waals surface area contributed by atoms with Crippen LogP contribution in [0, 0.1) is 18.3 Å². The summed E-state index contributed by atoms with van der Waals surface area (Å²) in [6, 6.07) is 10.8. The molecule has 2 rings (SSSR count). The van der Waals surface area contributed by atoms with E-state index in [1.807, 2.05) is 6.07 Å². The van der Waals surface area contributed by atoms with Gasteiger partial charge in [0.15, 0.2) is 0 Å². The molecule has 0 saturated carbocycles. The number of aryl methyl sites for hydroxylation is 1. The first kappa shape index (κ1) is 11.9. The fourth-order valence-electron chi connectivity index (χ4n) is 1.74. The molecule has 0 aliphatic carbocycles. The van der Waals surface area contributed by atoms with Crippen LogP contribution in [0.15, 0.2) is 41.3 Å². The number of hydrogen-bond donors (Lipinski definition) is 1. The summed E-state index contributed by atoms with van der Waals surface area (Å²) in [7, 11) is 0. The molecular formula is C14H13N3O. The number of aromatic nitrogens is 1. The third-order valence-electron chi connectivity index (χ3n) is 2.78. The first-order chi connectivity index (χ1) is 8.60. The zero-order valence-electron chi connectivity index (χ0n) is 10.1. The van der Waals surface area contributed by atoms with Crippen LogP contribution in [0.5, 0.6) is 0 Å². The highest BCUT2D eigenvalue weighted by atomic mass is 16.1. The quantitative estimate of drug-likeness (QED) is 0.866. The van der Waals surface area contributed by atoms with Crippen molar-refractivity contribution in [3.8, 4) is 6.07 Å². The number of nitriles is 1. The predicted octanol–water partition coefficient (Wildman–Crippen LogP) is 1.66. The number of hydrogen-bond acceptors (Lipinski definition) is 3. The molecule has 1 aromatic heterocycles. The molecule has 0 unspecified atom stereocenters. The molecule has 18 heavy (non-hydrogen) atoms. The smallest absolute Gasteiger partial charge is 0.251 e. The maximum Gasteiger partial charge on any atom is 0.251 e. The number of nitrogen functional groups attached to an aromatic ring is 1. The number of nitrogens with two attached hydrogens (primary N) is 1. The highest BCUT2D eigenvalue weighted by molar-refractivity contribution is 5.43. The van der Waals surface area contributed by atoms with Crippen LogP contribution in [0.25, 0.3) is 0 Å². The number of rotatable bonds is 2. The molecule has 90 valence electrons. The minimum absolute atomic E-state index is 0.0935. The van der Waals surface area contributed by atoms with Gasteiger partial charge in [-0.15, -0.1) is 0 Å². The van der Waals surface area contributed by atoms with Gasteiger partial charge in [-0.25, -0.2) is 0 Å². The Hall–Kier alpha value is -2.54. The van der Waals surface area contributed by atoms with E-state index >= 15 is 0 Å². The molecule has 0 radical (unpaired) electrons. The van der Waals surface area contributed by atoms with Gasteiger partial charge in [0, 0.05) is 12.3 Å². The Labute approximate surface area is 105 Å². The van der Waals surface area contributed by atoms with E-state index in [1.165, 1.54) is 6.07 Å². The van der Waals surface area contributed by atoms with Crippen molar-refractivity contribution in [3.63, 3.8) is 0 Å². The standard InChI is InChI=1S/C14H13N3O/c1-10-5-14(18)17(9-13(10)16)8-12-4-2-3-11(6-12)7-15/h2-6,9H,8,16H2,1H3. The van der Waals surface area contributed by atoms with E-state index in [4.69, 9.17) is 11.0 Å². The van der Waals surface area contributed by atoms with Crippen molar-refractivity contribution in [3.05, 3.63) is 63.6 Å². The van der Waals surface area contributed by atoms with Crippen molar-refractivity contribution in [2.24, 2.45) is 0 Å². The molecule has 1 heterocycles. The summed E-state index contributed by atoms with van der Waals surface area (Å²) in [5.41, 5.74) is 8.55. The Kier molecular flexibility index (Phi) is 3.16. The van der Waals surface area contributed by atoms with E-state index in [0.717, 1.165) is 11.1 Å². The van der Waals surface area contributed by atoms with Crippen molar-refractivity contribution in [1.82, 2.24) is 4.57 Å². The molecule has 2 aromatic rings. The van der Waals surface area contributed by atoms with Gasteiger partial charge >= 0.3 is 0 Å². The summed E-state index contributed by atoms with van der Waals surface area (Å²) in [5, 5.41) is 8.82.